The van der Waals surface area contributed by atoms with E-state index in [4.69, 9.17) is 10.2 Å². The van der Waals surface area contributed by atoms with Crippen molar-refractivity contribution in [2.24, 2.45) is 5.73 Å². The minimum absolute atomic E-state index is 0.132. The molecule has 18 heteroatoms. The zero-order valence-corrected chi connectivity index (χ0v) is 23.8. The normalized spacial score (nSPS) is 17.5. The third kappa shape index (κ3) is 5.54. The van der Waals surface area contributed by atoms with Crippen LogP contribution in [0.2, 0.25) is 0 Å². The van der Waals surface area contributed by atoms with E-state index >= 15 is 13.2 Å². The van der Waals surface area contributed by atoms with Crippen LogP contribution in [0.5, 0.6) is 0 Å². The highest BCUT2D eigenvalue weighted by molar-refractivity contribution is 7.91. The van der Waals surface area contributed by atoms with E-state index < -0.39 is 79.5 Å². The van der Waals surface area contributed by atoms with Crippen molar-refractivity contribution in [1.29, 1.82) is 0 Å². The van der Waals surface area contributed by atoms with E-state index in [1.165, 1.54) is 38.1 Å². The standard InChI is InChI=1S/C26H22F6N6O5S/c1-24(2,44(3,40)41)22-36-35-20(42-22)14-8-18-15(9-16(14)27)25(28,29)10-17(33)21(39)38(18)11-12-4-6-13(7-5-12)19-34-23(43-37-19)26(30,31)32/h4-9,17H,10-11,33H2,1-3H3/t17-/m0/s1. The van der Waals surface area contributed by atoms with Crippen molar-refractivity contribution in [2.45, 2.75) is 49.7 Å². The van der Waals surface area contributed by atoms with E-state index in [0.29, 0.717) is 11.6 Å². The molecular formula is C26H22F6N6O5S. The lowest BCUT2D eigenvalue weighted by Gasteiger charge is -2.25. The molecule has 0 saturated carbocycles. The number of amides is 1. The summed E-state index contributed by atoms with van der Waals surface area (Å²) in [7, 11) is -3.77. The molecular weight excluding hydrogens is 622 g/mol. The quantitative estimate of drug-likeness (QED) is 0.295. The van der Waals surface area contributed by atoms with Crippen LogP contribution in [0, 0.1) is 5.82 Å². The summed E-state index contributed by atoms with van der Waals surface area (Å²) in [5.41, 5.74) is 4.51. The molecule has 1 amide bonds. The molecule has 2 N–H and O–H groups in total. The Morgan fingerprint density at radius 3 is 2.34 bits per heavy atom. The Morgan fingerprint density at radius 1 is 1.09 bits per heavy atom. The molecule has 2 aromatic heterocycles. The van der Waals surface area contributed by atoms with Crippen molar-refractivity contribution in [2.75, 3.05) is 11.2 Å². The van der Waals surface area contributed by atoms with Gasteiger partial charge in [0, 0.05) is 23.8 Å². The van der Waals surface area contributed by atoms with E-state index in [0.717, 1.165) is 17.2 Å². The number of anilines is 1. The molecule has 0 bridgehead atoms. The van der Waals surface area contributed by atoms with Gasteiger partial charge in [0.2, 0.25) is 17.6 Å². The van der Waals surface area contributed by atoms with Gasteiger partial charge in [0.05, 0.1) is 23.8 Å². The topological polar surface area (TPSA) is 158 Å². The van der Waals surface area contributed by atoms with Gasteiger partial charge in [0.1, 0.15) is 10.6 Å². The molecule has 0 saturated heterocycles. The molecule has 44 heavy (non-hydrogen) atoms. The number of fused-ring (bicyclic) bond motifs is 1. The third-order valence-corrected chi connectivity index (χ3v) is 9.18. The molecule has 4 aromatic rings. The molecule has 11 nitrogen and oxygen atoms in total. The van der Waals surface area contributed by atoms with E-state index in [9.17, 15) is 26.4 Å². The Morgan fingerprint density at radius 2 is 1.75 bits per heavy atom. The number of aromatic nitrogens is 4. The molecule has 234 valence electrons. The Kier molecular flexibility index (Phi) is 7.35. The molecule has 1 atom stereocenters. The summed E-state index contributed by atoms with van der Waals surface area (Å²) in [4.78, 5) is 17.5. The van der Waals surface area contributed by atoms with Crippen molar-refractivity contribution in [1.82, 2.24) is 20.3 Å². The lowest BCUT2D eigenvalue weighted by Crippen LogP contribution is -2.43. The zero-order valence-electron chi connectivity index (χ0n) is 23.0. The van der Waals surface area contributed by atoms with Gasteiger partial charge in [-0.05, 0) is 31.5 Å². The third-order valence-electron chi connectivity index (χ3n) is 7.15. The molecule has 1 aliphatic rings. The number of hydrogen-bond acceptors (Lipinski definition) is 10. The van der Waals surface area contributed by atoms with Crippen LogP contribution < -0.4 is 10.6 Å². The maximum atomic E-state index is 15.3. The van der Waals surface area contributed by atoms with Gasteiger partial charge in [-0.25, -0.2) is 21.6 Å². The smallest absolute Gasteiger partial charge is 0.419 e. The van der Waals surface area contributed by atoms with Gasteiger partial charge < -0.3 is 19.6 Å². The van der Waals surface area contributed by atoms with Crippen LogP contribution >= 0.6 is 0 Å². The first-order valence-electron chi connectivity index (χ1n) is 12.6. The van der Waals surface area contributed by atoms with Crippen molar-refractivity contribution in [3.05, 3.63) is 65.1 Å². The number of carbonyl (C=O) groups excluding carboxylic acids is 1. The average molecular weight is 645 g/mol. The van der Waals surface area contributed by atoms with Crippen molar-refractivity contribution < 1.29 is 48.5 Å². The summed E-state index contributed by atoms with van der Waals surface area (Å²) < 4.78 is 117. The first-order chi connectivity index (χ1) is 20.3. The maximum Gasteiger partial charge on any atom is 0.471 e. The fraction of sp³-hybridized carbons (Fsp3) is 0.346. The van der Waals surface area contributed by atoms with Crippen LogP contribution in [0.3, 0.4) is 0 Å². The average Bonchev–Trinajstić information content (AvgIpc) is 3.61. The molecule has 1 aliphatic heterocycles. The number of hydrogen-bond donors (Lipinski definition) is 1. The second kappa shape index (κ2) is 10.4. The first-order valence-corrected chi connectivity index (χ1v) is 14.5. The Bertz CT molecular complexity index is 1850. The fourth-order valence-electron chi connectivity index (χ4n) is 4.33. The van der Waals surface area contributed by atoms with Crippen LogP contribution in [-0.4, -0.2) is 47.0 Å². The molecule has 0 radical (unpaired) electrons. The van der Waals surface area contributed by atoms with Crippen molar-refractivity contribution in [3.8, 4) is 22.8 Å². The van der Waals surface area contributed by atoms with E-state index in [1.54, 1.807) is 0 Å². The lowest BCUT2D eigenvalue weighted by atomic mass is 9.99. The molecule has 0 unspecified atom stereocenters. The number of benzene rings is 2. The minimum atomic E-state index is -4.85. The monoisotopic (exact) mass is 644 g/mol. The van der Waals surface area contributed by atoms with Crippen LogP contribution in [0.15, 0.2) is 45.3 Å². The molecule has 0 spiro atoms. The van der Waals surface area contributed by atoms with Crippen molar-refractivity contribution >= 4 is 21.4 Å². The molecule has 0 aliphatic carbocycles. The number of nitrogens with two attached hydrogens (primary N) is 1. The predicted molar refractivity (Wildman–Crippen MR) is 140 cm³/mol. The minimum Gasteiger partial charge on any atom is -0.419 e. The summed E-state index contributed by atoms with van der Waals surface area (Å²) in [6.45, 7) is 2.21. The largest absolute Gasteiger partial charge is 0.471 e. The van der Waals surface area contributed by atoms with Gasteiger partial charge in [0.25, 0.3) is 11.8 Å². The van der Waals surface area contributed by atoms with E-state index in [2.05, 4.69) is 24.9 Å². The van der Waals surface area contributed by atoms with E-state index in [1.807, 2.05) is 0 Å². The van der Waals surface area contributed by atoms with Crippen LogP contribution in [0.4, 0.5) is 32.0 Å². The summed E-state index contributed by atoms with van der Waals surface area (Å²) in [6, 6.07) is 5.19. The fourth-order valence-corrected chi connectivity index (χ4v) is 4.73. The Labute approximate surface area is 245 Å². The van der Waals surface area contributed by atoms with Gasteiger partial charge in [-0.2, -0.15) is 18.2 Å². The highest BCUT2D eigenvalue weighted by Gasteiger charge is 2.45. The Hall–Kier alpha value is -4.32. The predicted octanol–water partition coefficient (Wildman–Crippen LogP) is 4.58. The number of sulfone groups is 1. The summed E-state index contributed by atoms with van der Waals surface area (Å²) in [6.07, 6.45) is -5.04. The lowest BCUT2D eigenvalue weighted by molar-refractivity contribution is -0.159. The van der Waals surface area contributed by atoms with Crippen LogP contribution in [-0.2, 0) is 38.0 Å². The number of halogens is 6. The van der Waals surface area contributed by atoms with Gasteiger partial charge in [0.15, 0.2) is 9.84 Å². The highest BCUT2D eigenvalue weighted by atomic mass is 32.2. The second-order valence-electron chi connectivity index (χ2n) is 10.6. The molecule has 2 aromatic carbocycles. The second-order valence-corrected chi connectivity index (χ2v) is 13.2. The number of nitrogens with zero attached hydrogens (tertiary/aromatic N) is 5. The summed E-state index contributed by atoms with van der Waals surface area (Å²) in [5.74, 6) is -8.69. The molecule has 3 heterocycles. The number of rotatable bonds is 6. The van der Waals surface area contributed by atoms with Gasteiger partial charge >= 0.3 is 12.1 Å². The first kappa shape index (κ1) is 31.1. The van der Waals surface area contributed by atoms with Gasteiger partial charge in [-0.1, -0.05) is 29.4 Å². The highest BCUT2D eigenvalue weighted by Crippen LogP contribution is 2.45. The summed E-state index contributed by atoms with van der Waals surface area (Å²) >= 11 is 0. The van der Waals surface area contributed by atoms with Crippen LogP contribution in [0.1, 0.15) is 43.2 Å². The maximum absolute atomic E-state index is 15.3. The summed E-state index contributed by atoms with van der Waals surface area (Å²) in [5, 5.41) is 10.7. The van der Waals surface area contributed by atoms with Crippen LogP contribution in [0.25, 0.3) is 22.8 Å². The van der Waals surface area contributed by atoms with Crippen molar-refractivity contribution in [3.63, 3.8) is 0 Å². The Balaban J connectivity index is 1.55. The zero-order chi connectivity index (χ0) is 32.4. The number of carbonyl (C=O) groups is 1. The number of alkyl halides is 5. The van der Waals surface area contributed by atoms with Gasteiger partial charge in [-0.3, -0.25) is 4.79 Å². The van der Waals surface area contributed by atoms with Gasteiger partial charge in [-0.15, -0.1) is 10.2 Å². The molecule has 5 rings (SSSR count). The van der Waals surface area contributed by atoms with E-state index in [-0.39, 0.29) is 23.8 Å². The SMILES string of the molecule is CC(C)(c1nnc(-c2cc3c(cc2F)C(F)(F)C[C@H](N)C(=O)N3Cc2ccc(-c3noc(C(F)(F)F)n3)cc2)o1)S(C)(=O)=O. The molecule has 0 fully saturated rings.